The summed E-state index contributed by atoms with van der Waals surface area (Å²) >= 11 is 1.43. The summed E-state index contributed by atoms with van der Waals surface area (Å²) in [7, 11) is 0. The molecule has 2 aromatic carbocycles. The molecule has 6 heteroatoms. The first kappa shape index (κ1) is 16.5. The second kappa shape index (κ2) is 7.49. The number of benzene rings is 2. The highest BCUT2D eigenvalue weighted by molar-refractivity contribution is 7.99. The molecule has 0 unspecified atom stereocenters. The Morgan fingerprint density at radius 1 is 1.17 bits per heavy atom. The molecule has 0 aliphatic rings. The molecule has 0 radical (unpaired) electrons. The normalized spacial score (nSPS) is 12.1. The van der Waals surface area contributed by atoms with Gasteiger partial charge in [-0.25, -0.2) is 4.39 Å². The van der Waals surface area contributed by atoms with E-state index < -0.39 is 0 Å². The van der Waals surface area contributed by atoms with Crippen molar-refractivity contribution in [3.63, 3.8) is 0 Å². The SMILES string of the molecule is Cc1cccc(OCc2nnc(S[C@H](C)c3ccc(F)cc3)o2)c1. The van der Waals surface area contributed by atoms with Crippen molar-refractivity contribution in [3.8, 4) is 5.75 Å². The maximum Gasteiger partial charge on any atom is 0.277 e. The molecule has 0 aliphatic carbocycles. The summed E-state index contributed by atoms with van der Waals surface area (Å²) in [5.74, 6) is 0.941. The van der Waals surface area contributed by atoms with Gasteiger partial charge in [0.1, 0.15) is 11.6 Å². The van der Waals surface area contributed by atoms with E-state index >= 15 is 0 Å². The monoisotopic (exact) mass is 344 g/mol. The predicted molar refractivity (Wildman–Crippen MR) is 90.5 cm³/mol. The third-order valence-electron chi connectivity index (χ3n) is 3.42. The Morgan fingerprint density at radius 2 is 1.96 bits per heavy atom. The number of aromatic nitrogens is 2. The zero-order valence-electron chi connectivity index (χ0n) is 13.4. The topological polar surface area (TPSA) is 48.2 Å². The molecule has 1 heterocycles. The Balaban J connectivity index is 1.58. The molecule has 0 bridgehead atoms. The fourth-order valence-electron chi connectivity index (χ4n) is 2.15. The number of hydrogen-bond donors (Lipinski definition) is 0. The maximum absolute atomic E-state index is 13.0. The minimum absolute atomic E-state index is 0.0802. The fraction of sp³-hybridized carbons (Fsp3) is 0.222. The van der Waals surface area contributed by atoms with Gasteiger partial charge in [-0.1, -0.05) is 36.0 Å². The fourth-order valence-corrected chi connectivity index (χ4v) is 2.98. The van der Waals surface area contributed by atoms with Gasteiger partial charge in [0.25, 0.3) is 11.1 Å². The predicted octanol–water partition coefficient (Wildman–Crippen LogP) is 4.95. The lowest BCUT2D eigenvalue weighted by Gasteiger charge is -2.08. The zero-order valence-corrected chi connectivity index (χ0v) is 14.2. The number of rotatable bonds is 6. The Bertz CT molecular complexity index is 805. The molecule has 24 heavy (non-hydrogen) atoms. The summed E-state index contributed by atoms with van der Waals surface area (Å²) in [6.45, 7) is 4.23. The minimum atomic E-state index is -0.246. The second-order valence-electron chi connectivity index (χ2n) is 5.38. The van der Waals surface area contributed by atoms with Crippen LogP contribution in [-0.4, -0.2) is 10.2 Å². The van der Waals surface area contributed by atoms with E-state index in [4.69, 9.17) is 9.15 Å². The van der Waals surface area contributed by atoms with Gasteiger partial charge in [0.05, 0.1) is 0 Å². The zero-order chi connectivity index (χ0) is 16.9. The lowest BCUT2D eigenvalue weighted by Crippen LogP contribution is -1.95. The summed E-state index contributed by atoms with van der Waals surface area (Å²) < 4.78 is 24.2. The van der Waals surface area contributed by atoms with Crippen LogP contribution >= 0.6 is 11.8 Å². The molecule has 3 rings (SSSR count). The van der Waals surface area contributed by atoms with Crippen molar-refractivity contribution in [3.05, 3.63) is 71.4 Å². The van der Waals surface area contributed by atoms with Crippen LogP contribution in [0.25, 0.3) is 0 Å². The molecule has 4 nitrogen and oxygen atoms in total. The molecular formula is C18H17FN2O2S. The Kier molecular flexibility index (Phi) is 5.15. The van der Waals surface area contributed by atoms with Crippen LogP contribution in [0, 0.1) is 12.7 Å². The minimum Gasteiger partial charge on any atom is -0.484 e. The molecule has 0 saturated carbocycles. The van der Waals surface area contributed by atoms with E-state index in [-0.39, 0.29) is 17.7 Å². The van der Waals surface area contributed by atoms with Crippen molar-refractivity contribution in [2.45, 2.75) is 30.9 Å². The number of nitrogens with zero attached hydrogens (tertiary/aromatic N) is 2. The van der Waals surface area contributed by atoms with Crippen molar-refractivity contribution in [1.29, 1.82) is 0 Å². The second-order valence-corrected chi connectivity index (χ2v) is 6.67. The van der Waals surface area contributed by atoms with Crippen molar-refractivity contribution in [2.24, 2.45) is 0 Å². The molecule has 0 fully saturated rings. The first-order chi connectivity index (χ1) is 11.6. The Hall–Kier alpha value is -2.34. The molecule has 0 aliphatic heterocycles. The first-order valence-electron chi connectivity index (χ1n) is 7.54. The Morgan fingerprint density at radius 3 is 2.71 bits per heavy atom. The number of halogens is 1. The molecule has 1 aromatic heterocycles. The molecule has 124 valence electrons. The first-order valence-corrected chi connectivity index (χ1v) is 8.42. The number of hydrogen-bond acceptors (Lipinski definition) is 5. The van der Waals surface area contributed by atoms with Gasteiger partial charge in [0.15, 0.2) is 6.61 Å². The van der Waals surface area contributed by atoms with Gasteiger partial charge < -0.3 is 9.15 Å². The van der Waals surface area contributed by atoms with Crippen LogP contribution in [-0.2, 0) is 6.61 Å². The Labute approximate surface area is 144 Å². The number of aryl methyl sites for hydroxylation is 1. The van der Waals surface area contributed by atoms with E-state index in [0.29, 0.717) is 11.1 Å². The summed E-state index contributed by atoms with van der Waals surface area (Å²) in [4.78, 5) is 0. The van der Waals surface area contributed by atoms with E-state index in [1.165, 1.54) is 23.9 Å². The largest absolute Gasteiger partial charge is 0.484 e. The average Bonchev–Trinajstić information content (AvgIpc) is 3.01. The van der Waals surface area contributed by atoms with Crippen LogP contribution < -0.4 is 4.74 Å². The van der Waals surface area contributed by atoms with E-state index in [2.05, 4.69) is 10.2 Å². The van der Waals surface area contributed by atoms with Crippen molar-refractivity contribution in [2.75, 3.05) is 0 Å². The van der Waals surface area contributed by atoms with Crippen molar-refractivity contribution >= 4 is 11.8 Å². The van der Waals surface area contributed by atoms with Gasteiger partial charge in [0.2, 0.25) is 0 Å². The summed E-state index contributed by atoms with van der Waals surface area (Å²) in [6, 6.07) is 14.2. The lowest BCUT2D eigenvalue weighted by molar-refractivity contribution is 0.252. The number of ether oxygens (including phenoxy) is 1. The van der Waals surface area contributed by atoms with E-state index in [0.717, 1.165) is 16.9 Å². The molecule has 3 aromatic rings. The van der Waals surface area contributed by atoms with Crippen LogP contribution in [0.3, 0.4) is 0 Å². The van der Waals surface area contributed by atoms with Gasteiger partial charge >= 0.3 is 0 Å². The van der Waals surface area contributed by atoms with E-state index in [1.54, 1.807) is 12.1 Å². The van der Waals surface area contributed by atoms with Crippen LogP contribution in [0.1, 0.15) is 29.2 Å². The van der Waals surface area contributed by atoms with Crippen LogP contribution in [0.2, 0.25) is 0 Å². The van der Waals surface area contributed by atoms with E-state index in [1.807, 2.05) is 38.1 Å². The van der Waals surface area contributed by atoms with Crippen LogP contribution in [0.4, 0.5) is 4.39 Å². The van der Waals surface area contributed by atoms with Crippen LogP contribution in [0.5, 0.6) is 5.75 Å². The highest BCUT2D eigenvalue weighted by Gasteiger charge is 2.13. The van der Waals surface area contributed by atoms with Gasteiger partial charge in [-0.2, -0.15) is 0 Å². The molecule has 1 atom stereocenters. The van der Waals surface area contributed by atoms with Gasteiger partial charge in [0, 0.05) is 5.25 Å². The van der Waals surface area contributed by atoms with Crippen LogP contribution in [0.15, 0.2) is 58.2 Å². The highest BCUT2D eigenvalue weighted by Crippen LogP contribution is 2.33. The van der Waals surface area contributed by atoms with Gasteiger partial charge in [-0.05, 0) is 49.2 Å². The third-order valence-corrected chi connectivity index (χ3v) is 4.41. The smallest absolute Gasteiger partial charge is 0.277 e. The molecule has 0 N–H and O–H groups in total. The molecule has 0 amide bonds. The van der Waals surface area contributed by atoms with Crippen molar-refractivity contribution in [1.82, 2.24) is 10.2 Å². The maximum atomic E-state index is 13.0. The quantitative estimate of drug-likeness (QED) is 0.592. The van der Waals surface area contributed by atoms with E-state index in [9.17, 15) is 4.39 Å². The van der Waals surface area contributed by atoms with Crippen molar-refractivity contribution < 1.29 is 13.5 Å². The van der Waals surface area contributed by atoms with Gasteiger partial charge in [-0.3, -0.25) is 0 Å². The summed E-state index contributed by atoms with van der Waals surface area (Å²) in [5.41, 5.74) is 2.12. The summed E-state index contributed by atoms with van der Waals surface area (Å²) in [5, 5.41) is 8.56. The lowest BCUT2D eigenvalue weighted by atomic mass is 10.2. The number of thioether (sulfide) groups is 1. The van der Waals surface area contributed by atoms with Gasteiger partial charge in [-0.15, -0.1) is 10.2 Å². The standard InChI is InChI=1S/C18H17FN2O2S/c1-12-4-3-5-16(10-12)22-11-17-20-21-18(23-17)24-13(2)14-6-8-15(19)9-7-14/h3-10,13H,11H2,1-2H3/t13-/m1/s1. The highest BCUT2D eigenvalue weighted by atomic mass is 32.2. The molecule has 0 spiro atoms. The summed E-state index contributed by atoms with van der Waals surface area (Å²) in [6.07, 6.45) is 0. The molecular weight excluding hydrogens is 327 g/mol. The molecule has 0 saturated heterocycles. The average molecular weight is 344 g/mol. The third kappa shape index (κ3) is 4.35.